The Morgan fingerprint density at radius 3 is 2.44 bits per heavy atom. The van der Waals surface area contributed by atoms with E-state index in [1.165, 1.54) is 44.2 Å². The zero-order chi connectivity index (χ0) is 13.0. The van der Waals surface area contributed by atoms with Crippen LogP contribution in [-0.4, -0.2) is 6.04 Å². The minimum Gasteiger partial charge on any atom is -0.382 e. The van der Waals surface area contributed by atoms with E-state index in [0.29, 0.717) is 6.04 Å². The first-order valence-electron chi connectivity index (χ1n) is 7.26. The molecule has 0 heterocycles. The zero-order valence-electron chi connectivity index (χ0n) is 11.5. The molecule has 0 aliphatic heterocycles. The summed E-state index contributed by atoms with van der Waals surface area (Å²) in [4.78, 5) is 0. The Balaban J connectivity index is 2.04. The van der Waals surface area contributed by atoms with Crippen LogP contribution in [0.1, 0.15) is 46.0 Å². The van der Waals surface area contributed by atoms with Gasteiger partial charge in [0.2, 0.25) is 0 Å². The molecule has 1 aromatic rings. The number of halogens is 1. The van der Waals surface area contributed by atoms with Crippen molar-refractivity contribution in [1.82, 2.24) is 0 Å². The van der Waals surface area contributed by atoms with Crippen LogP contribution < -0.4 is 5.32 Å². The summed E-state index contributed by atoms with van der Waals surface area (Å²) >= 11 is 0. The summed E-state index contributed by atoms with van der Waals surface area (Å²) in [6.07, 6.45) is 6.44. The van der Waals surface area contributed by atoms with Crippen molar-refractivity contribution in [2.75, 3.05) is 5.32 Å². The van der Waals surface area contributed by atoms with Gasteiger partial charge in [-0.25, -0.2) is 4.39 Å². The summed E-state index contributed by atoms with van der Waals surface area (Å²) in [6.45, 7) is 4.59. The molecular weight excluding hydrogens is 225 g/mol. The molecule has 1 saturated carbocycles. The molecule has 0 spiro atoms. The summed E-state index contributed by atoms with van der Waals surface area (Å²) in [7, 11) is 0. The first kappa shape index (κ1) is 13.4. The smallest absolute Gasteiger partial charge is 0.123 e. The van der Waals surface area contributed by atoms with Crippen LogP contribution in [0.5, 0.6) is 0 Å². The van der Waals surface area contributed by atoms with E-state index in [1.807, 2.05) is 12.1 Å². The van der Waals surface area contributed by atoms with E-state index in [9.17, 15) is 4.39 Å². The summed E-state index contributed by atoms with van der Waals surface area (Å²) in [5.41, 5.74) is 1.05. The van der Waals surface area contributed by atoms with Crippen LogP contribution in [-0.2, 0) is 0 Å². The zero-order valence-corrected chi connectivity index (χ0v) is 11.5. The van der Waals surface area contributed by atoms with Crippen molar-refractivity contribution >= 4 is 5.69 Å². The Hall–Kier alpha value is -1.05. The fourth-order valence-corrected chi connectivity index (χ4v) is 3.42. The van der Waals surface area contributed by atoms with Crippen LogP contribution in [0.2, 0.25) is 0 Å². The highest BCUT2D eigenvalue weighted by Crippen LogP contribution is 2.36. The van der Waals surface area contributed by atoms with E-state index in [4.69, 9.17) is 0 Å². The molecule has 0 aromatic heterocycles. The lowest BCUT2D eigenvalue weighted by molar-refractivity contribution is 0.204. The molecule has 1 aliphatic rings. The topological polar surface area (TPSA) is 12.0 Å². The molecule has 2 heteroatoms. The number of rotatable bonds is 4. The van der Waals surface area contributed by atoms with Crippen LogP contribution >= 0.6 is 0 Å². The van der Waals surface area contributed by atoms with Crippen LogP contribution in [0.4, 0.5) is 10.1 Å². The van der Waals surface area contributed by atoms with Gasteiger partial charge in [0.1, 0.15) is 5.82 Å². The number of benzene rings is 1. The highest BCUT2D eigenvalue weighted by molar-refractivity contribution is 5.44. The van der Waals surface area contributed by atoms with E-state index < -0.39 is 0 Å². The van der Waals surface area contributed by atoms with Gasteiger partial charge in [0.15, 0.2) is 0 Å². The highest BCUT2D eigenvalue weighted by Gasteiger charge is 2.30. The van der Waals surface area contributed by atoms with Crippen LogP contribution in [0, 0.1) is 17.7 Å². The molecule has 0 bridgehead atoms. The monoisotopic (exact) mass is 249 g/mol. The van der Waals surface area contributed by atoms with Gasteiger partial charge in [0, 0.05) is 11.7 Å². The molecule has 1 aromatic carbocycles. The average molecular weight is 249 g/mol. The minimum absolute atomic E-state index is 0.164. The molecule has 100 valence electrons. The predicted octanol–water partition coefficient (Wildman–Crippen LogP) is 4.84. The maximum absolute atomic E-state index is 12.9. The molecule has 1 fully saturated rings. The van der Waals surface area contributed by atoms with Gasteiger partial charge in [0.25, 0.3) is 0 Å². The third kappa shape index (κ3) is 3.04. The number of nitrogens with one attached hydrogen (secondary N) is 1. The van der Waals surface area contributed by atoms with Crippen LogP contribution in [0.25, 0.3) is 0 Å². The normalized spacial score (nSPS) is 28.1. The Kier molecular flexibility index (Phi) is 4.62. The second-order valence-electron chi connectivity index (χ2n) is 5.43. The maximum Gasteiger partial charge on any atom is 0.123 e. The molecule has 1 nitrogen and oxygen atoms in total. The van der Waals surface area contributed by atoms with Gasteiger partial charge in [-0.2, -0.15) is 0 Å². The molecule has 1 N–H and O–H groups in total. The van der Waals surface area contributed by atoms with E-state index >= 15 is 0 Å². The third-order valence-electron chi connectivity index (χ3n) is 4.40. The Morgan fingerprint density at radius 1 is 1.11 bits per heavy atom. The van der Waals surface area contributed by atoms with Crippen molar-refractivity contribution in [3.05, 3.63) is 30.1 Å². The third-order valence-corrected chi connectivity index (χ3v) is 4.40. The first-order valence-corrected chi connectivity index (χ1v) is 7.26. The summed E-state index contributed by atoms with van der Waals surface area (Å²) in [5, 5.41) is 3.61. The second-order valence-corrected chi connectivity index (χ2v) is 5.43. The van der Waals surface area contributed by atoms with E-state index in [-0.39, 0.29) is 5.82 Å². The Morgan fingerprint density at radius 2 is 1.83 bits per heavy atom. The molecule has 2 rings (SSSR count). The van der Waals surface area contributed by atoms with Crippen molar-refractivity contribution < 1.29 is 4.39 Å². The molecule has 1 aliphatic carbocycles. The van der Waals surface area contributed by atoms with Crippen LogP contribution in [0.3, 0.4) is 0 Å². The Labute approximate surface area is 110 Å². The standard InChI is InChI=1S/C16H24FN/c1-3-12-6-5-7-16(15(12)4-2)18-14-10-8-13(17)9-11-14/h8-12,15-16,18H,3-7H2,1-2H3. The van der Waals surface area contributed by atoms with E-state index in [2.05, 4.69) is 19.2 Å². The quantitative estimate of drug-likeness (QED) is 0.805. The lowest BCUT2D eigenvalue weighted by Gasteiger charge is -2.38. The summed E-state index contributed by atoms with van der Waals surface area (Å²) in [6, 6.07) is 7.31. The highest BCUT2D eigenvalue weighted by atomic mass is 19.1. The fraction of sp³-hybridized carbons (Fsp3) is 0.625. The number of hydrogen-bond donors (Lipinski definition) is 1. The molecule has 3 atom stereocenters. The second kappa shape index (κ2) is 6.21. The number of anilines is 1. The van der Waals surface area contributed by atoms with Crippen LogP contribution in [0.15, 0.2) is 24.3 Å². The average Bonchev–Trinajstić information content (AvgIpc) is 2.41. The SMILES string of the molecule is CCC1CCCC(Nc2ccc(F)cc2)C1CC. The van der Waals surface area contributed by atoms with Gasteiger partial charge in [0.05, 0.1) is 0 Å². The van der Waals surface area contributed by atoms with Gasteiger partial charge in [-0.1, -0.05) is 39.5 Å². The van der Waals surface area contributed by atoms with Gasteiger partial charge >= 0.3 is 0 Å². The predicted molar refractivity (Wildman–Crippen MR) is 75.2 cm³/mol. The Bertz CT molecular complexity index is 360. The van der Waals surface area contributed by atoms with Crippen molar-refractivity contribution in [2.45, 2.75) is 52.0 Å². The molecule has 3 unspecified atom stereocenters. The van der Waals surface area contributed by atoms with Crippen molar-refractivity contribution in [1.29, 1.82) is 0 Å². The molecule has 0 saturated heterocycles. The van der Waals surface area contributed by atoms with Gasteiger partial charge < -0.3 is 5.32 Å². The lowest BCUT2D eigenvalue weighted by atomic mass is 9.73. The maximum atomic E-state index is 12.9. The van der Waals surface area contributed by atoms with Crippen molar-refractivity contribution in [3.63, 3.8) is 0 Å². The first-order chi connectivity index (χ1) is 8.74. The molecule has 18 heavy (non-hydrogen) atoms. The molecule has 0 amide bonds. The van der Waals surface area contributed by atoms with Gasteiger partial charge in [-0.05, 0) is 42.5 Å². The molecular formula is C16H24FN. The fourth-order valence-electron chi connectivity index (χ4n) is 3.42. The van der Waals surface area contributed by atoms with Gasteiger partial charge in [-0.3, -0.25) is 0 Å². The van der Waals surface area contributed by atoms with E-state index in [0.717, 1.165) is 17.5 Å². The number of hydrogen-bond acceptors (Lipinski definition) is 1. The summed E-state index contributed by atoms with van der Waals surface area (Å²) in [5.74, 6) is 1.44. The van der Waals surface area contributed by atoms with E-state index in [1.54, 1.807) is 0 Å². The van der Waals surface area contributed by atoms with Crippen molar-refractivity contribution in [2.24, 2.45) is 11.8 Å². The van der Waals surface area contributed by atoms with Crippen molar-refractivity contribution in [3.8, 4) is 0 Å². The summed E-state index contributed by atoms with van der Waals surface area (Å²) < 4.78 is 12.9. The van der Waals surface area contributed by atoms with Gasteiger partial charge in [-0.15, -0.1) is 0 Å². The minimum atomic E-state index is -0.164. The largest absolute Gasteiger partial charge is 0.382 e. The molecule has 0 radical (unpaired) electrons. The lowest BCUT2D eigenvalue weighted by Crippen LogP contribution is -2.37.